The lowest BCUT2D eigenvalue weighted by Crippen LogP contribution is -2.34. The molecule has 0 rings (SSSR count). The van der Waals surface area contributed by atoms with E-state index in [1.807, 2.05) is 0 Å². The molecule has 10 nitrogen and oxygen atoms in total. The maximum atomic E-state index is 12.6. The van der Waals surface area contributed by atoms with Crippen molar-refractivity contribution in [2.24, 2.45) is 5.73 Å². The Kier molecular flexibility index (Phi) is 34.2. The number of phosphoric ester groups is 1. The van der Waals surface area contributed by atoms with Gasteiger partial charge in [-0.05, 0) is 38.5 Å². The van der Waals surface area contributed by atoms with Crippen molar-refractivity contribution in [3.05, 3.63) is 12.2 Å². The molecular formula is C38H74NO9P. The van der Waals surface area contributed by atoms with Gasteiger partial charge in [0.15, 0.2) is 0 Å². The first-order chi connectivity index (χ1) is 23.7. The van der Waals surface area contributed by atoms with Gasteiger partial charge in [-0.2, -0.15) is 0 Å². The molecule has 0 spiro atoms. The summed E-state index contributed by atoms with van der Waals surface area (Å²) in [6.07, 6.45) is 34.0. The second-order valence-corrected chi connectivity index (χ2v) is 14.9. The average Bonchev–Trinajstić information content (AvgIpc) is 3.07. The van der Waals surface area contributed by atoms with Crippen LogP contribution in [-0.4, -0.2) is 60.5 Å². The molecule has 0 fully saturated rings. The van der Waals surface area contributed by atoms with Crippen molar-refractivity contribution in [2.75, 3.05) is 26.4 Å². The normalized spacial score (nSPS) is 14.2. The molecule has 0 aromatic rings. The summed E-state index contributed by atoms with van der Waals surface area (Å²) < 4.78 is 33.2. The van der Waals surface area contributed by atoms with Crippen molar-refractivity contribution < 1.29 is 42.7 Å². The first-order valence-electron chi connectivity index (χ1n) is 19.7. The van der Waals surface area contributed by atoms with Crippen LogP contribution in [-0.2, 0) is 32.7 Å². The van der Waals surface area contributed by atoms with Crippen molar-refractivity contribution in [1.29, 1.82) is 0 Å². The maximum absolute atomic E-state index is 12.6. The summed E-state index contributed by atoms with van der Waals surface area (Å²) >= 11 is 0. The number of aliphatic carboxylic acids is 1. The Hall–Kier alpha value is -1.29. The molecular weight excluding hydrogens is 645 g/mol. The van der Waals surface area contributed by atoms with Crippen LogP contribution in [0.5, 0.6) is 0 Å². The van der Waals surface area contributed by atoms with E-state index in [9.17, 15) is 19.0 Å². The van der Waals surface area contributed by atoms with Crippen LogP contribution in [0.2, 0.25) is 0 Å². The quantitative estimate of drug-likeness (QED) is 0.0243. The number of allylic oxidation sites excluding steroid dienone is 2. The summed E-state index contributed by atoms with van der Waals surface area (Å²) in [5, 5.41) is 8.86. The predicted molar refractivity (Wildman–Crippen MR) is 199 cm³/mol. The number of esters is 1. The fourth-order valence-corrected chi connectivity index (χ4v) is 6.20. The monoisotopic (exact) mass is 720 g/mol. The van der Waals surface area contributed by atoms with E-state index in [0.717, 1.165) is 51.4 Å². The number of rotatable bonds is 38. The van der Waals surface area contributed by atoms with Crippen LogP contribution in [0.4, 0.5) is 0 Å². The number of carboxylic acids is 1. The molecule has 0 aliphatic carbocycles. The Balaban J connectivity index is 4.29. The number of ether oxygens (including phenoxy) is 2. The van der Waals surface area contributed by atoms with Gasteiger partial charge in [-0.1, -0.05) is 148 Å². The van der Waals surface area contributed by atoms with Crippen molar-refractivity contribution in [3.8, 4) is 0 Å². The highest BCUT2D eigenvalue weighted by molar-refractivity contribution is 7.47. The lowest BCUT2D eigenvalue weighted by molar-refractivity contribution is -0.154. The molecule has 0 bridgehead atoms. The van der Waals surface area contributed by atoms with E-state index >= 15 is 0 Å². The topological polar surface area (TPSA) is 155 Å². The Labute approximate surface area is 299 Å². The third-order valence-corrected chi connectivity index (χ3v) is 9.50. The maximum Gasteiger partial charge on any atom is 0.472 e. The first-order valence-corrected chi connectivity index (χ1v) is 21.2. The van der Waals surface area contributed by atoms with Crippen LogP contribution in [0, 0.1) is 0 Å². The molecule has 3 unspecified atom stereocenters. The second-order valence-electron chi connectivity index (χ2n) is 13.4. The van der Waals surface area contributed by atoms with E-state index in [-0.39, 0.29) is 13.0 Å². The molecule has 0 heterocycles. The van der Waals surface area contributed by atoms with Crippen molar-refractivity contribution >= 4 is 19.8 Å². The summed E-state index contributed by atoms with van der Waals surface area (Å²) in [5.74, 6) is -1.78. The zero-order valence-electron chi connectivity index (χ0n) is 31.3. The molecule has 0 aromatic carbocycles. The largest absolute Gasteiger partial charge is 0.480 e. The van der Waals surface area contributed by atoms with Gasteiger partial charge in [0.1, 0.15) is 12.1 Å². The smallest absolute Gasteiger partial charge is 0.472 e. The molecule has 0 aliphatic heterocycles. The molecule has 0 aliphatic rings. The van der Waals surface area contributed by atoms with Crippen LogP contribution in [0.3, 0.4) is 0 Å². The molecule has 0 radical (unpaired) electrons. The average molecular weight is 720 g/mol. The zero-order chi connectivity index (χ0) is 36.3. The van der Waals surface area contributed by atoms with Crippen LogP contribution in [0.1, 0.15) is 181 Å². The molecule has 0 aromatic heterocycles. The van der Waals surface area contributed by atoms with Gasteiger partial charge in [0, 0.05) is 13.0 Å². The number of hydrogen-bond donors (Lipinski definition) is 3. The number of phosphoric acid groups is 1. The van der Waals surface area contributed by atoms with E-state index in [4.69, 9.17) is 29.4 Å². The van der Waals surface area contributed by atoms with Crippen molar-refractivity contribution in [2.45, 2.75) is 193 Å². The van der Waals surface area contributed by atoms with Gasteiger partial charge in [-0.25, -0.2) is 4.57 Å². The summed E-state index contributed by atoms with van der Waals surface area (Å²) in [6, 6.07) is -1.47. The summed E-state index contributed by atoms with van der Waals surface area (Å²) in [6.45, 7) is 3.87. The van der Waals surface area contributed by atoms with Crippen LogP contribution >= 0.6 is 7.82 Å². The second kappa shape index (κ2) is 35.1. The van der Waals surface area contributed by atoms with E-state index in [0.29, 0.717) is 13.0 Å². The summed E-state index contributed by atoms with van der Waals surface area (Å²) in [7, 11) is -4.61. The number of unbranched alkanes of at least 4 members (excludes halogenated alkanes) is 22. The van der Waals surface area contributed by atoms with E-state index in [2.05, 4.69) is 26.0 Å². The van der Waals surface area contributed by atoms with Gasteiger partial charge in [-0.3, -0.25) is 18.6 Å². The SMILES string of the molecule is CCCCCCC/C=C\CCCCCCCC(=O)OC(COCCCCCCCCCCCCCCC)COP(=O)(O)OCC(N)C(=O)O. The van der Waals surface area contributed by atoms with Crippen LogP contribution in [0.15, 0.2) is 12.2 Å². The molecule has 11 heteroatoms. The molecule has 3 atom stereocenters. The van der Waals surface area contributed by atoms with Gasteiger partial charge in [-0.15, -0.1) is 0 Å². The summed E-state index contributed by atoms with van der Waals surface area (Å²) in [5.41, 5.74) is 5.34. The minimum atomic E-state index is -4.61. The lowest BCUT2D eigenvalue weighted by atomic mass is 10.0. The Morgan fingerprint density at radius 3 is 1.55 bits per heavy atom. The minimum Gasteiger partial charge on any atom is -0.480 e. The van der Waals surface area contributed by atoms with Gasteiger partial charge < -0.3 is 25.2 Å². The number of carbonyl (C=O) groups excluding carboxylic acids is 1. The van der Waals surface area contributed by atoms with Gasteiger partial charge in [0.25, 0.3) is 0 Å². The Bertz CT molecular complexity index is 842. The number of carboxylic acid groups (broad SMARTS) is 1. The minimum absolute atomic E-state index is 0.0187. The van der Waals surface area contributed by atoms with Gasteiger partial charge >= 0.3 is 19.8 Å². The van der Waals surface area contributed by atoms with Crippen LogP contribution in [0.25, 0.3) is 0 Å². The molecule has 290 valence electrons. The molecule has 4 N–H and O–H groups in total. The highest BCUT2D eigenvalue weighted by Gasteiger charge is 2.27. The summed E-state index contributed by atoms with van der Waals surface area (Å²) in [4.78, 5) is 33.4. The third kappa shape index (κ3) is 34.9. The lowest BCUT2D eigenvalue weighted by Gasteiger charge is -2.20. The highest BCUT2D eigenvalue weighted by atomic mass is 31.2. The Morgan fingerprint density at radius 2 is 1.06 bits per heavy atom. The molecule has 0 saturated carbocycles. The standard InChI is InChI=1S/C38H74NO9P/c1-3-5-7-9-11-13-15-17-18-20-22-24-26-28-30-37(40)48-35(33-46-49(43,44)47-34-36(39)38(41)42)32-45-31-29-27-25-23-21-19-16-14-12-10-8-6-4-2/h15,17,35-36H,3-14,16,18-34,39H2,1-2H3,(H,41,42)(H,43,44)/b17-15-. The highest BCUT2D eigenvalue weighted by Crippen LogP contribution is 2.43. The van der Waals surface area contributed by atoms with Gasteiger partial charge in [0.05, 0.1) is 19.8 Å². The van der Waals surface area contributed by atoms with E-state index in [1.54, 1.807) is 0 Å². The Morgan fingerprint density at radius 1 is 0.633 bits per heavy atom. The van der Waals surface area contributed by atoms with Crippen molar-refractivity contribution in [3.63, 3.8) is 0 Å². The third-order valence-electron chi connectivity index (χ3n) is 8.54. The van der Waals surface area contributed by atoms with E-state index < -0.39 is 45.1 Å². The van der Waals surface area contributed by atoms with Crippen molar-refractivity contribution in [1.82, 2.24) is 0 Å². The fraction of sp³-hybridized carbons (Fsp3) is 0.895. The zero-order valence-corrected chi connectivity index (χ0v) is 32.2. The number of nitrogens with two attached hydrogens (primary N) is 1. The number of carbonyl (C=O) groups is 2. The van der Waals surface area contributed by atoms with Crippen LogP contribution < -0.4 is 5.73 Å². The van der Waals surface area contributed by atoms with Gasteiger partial charge in [0.2, 0.25) is 0 Å². The molecule has 0 saturated heterocycles. The van der Waals surface area contributed by atoms with E-state index in [1.165, 1.54) is 103 Å². The first kappa shape index (κ1) is 47.7. The molecule has 49 heavy (non-hydrogen) atoms. The molecule has 0 amide bonds. The fourth-order valence-electron chi connectivity index (χ4n) is 5.42. The predicted octanol–water partition coefficient (Wildman–Crippen LogP) is 10.2. The number of hydrogen-bond acceptors (Lipinski definition) is 8.